The second-order valence-corrected chi connectivity index (χ2v) is 4.73. The van der Waals surface area contributed by atoms with Crippen molar-refractivity contribution in [3.05, 3.63) is 29.2 Å². The van der Waals surface area contributed by atoms with Gasteiger partial charge in [0.2, 0.25) is 0 Å². The van der Waals surface area contributed by atoms with Gasteiger partial charge in [-0.1, -0.05) is 13.8 Å². The Bertz CT molecular complexity index is 558. The molecular formula is C14H19N3O. The van der Waals surface area contributed by atoms with E-state index in [1.165, 1.54) is 0 Å². The van der Waals surface area contributed by atoms with Crippen LogP contribution in [-0.4, -0.2) is 17.0 Å². The molecule has 0 amide bonds. The topological polar surface area (TPSA) is 51.0 Å². The van der Waals surface area contributed by atoms with Crippen molar-refractivity contribution in [2.75, 3.05) is 12.4 Å². The van der Waals surface area contributed by atoms with Gasteiger partial charge in [-0.3, -0.25) is 0 Å². The van der Waals surface area contributed by atoms with E-state index in [4.69, 9.17) is 4.42 Å². The predicted octanol–water partition coefficient (Wildman–Crippen LogP) is 3.52. The summed E-state index contributed by atoms with van der Waals surface area (Å²) in [6.45, 7) is 8.29. The fourth-order valence-corrected chi connectivity index (χ4v) is 2.17. The highest BCUT2D eigenvalue weighted by molar-refractivity contribution is 5.58. The Hall–Kier alpha value is -1.84. The zero-order chi connectivity index (χ0) is 13.3. The summed E-state index contributed by atoms with van der Waals surface area (Å²) in [5.74, 6) is 2.65. The first kappa shape index (κ1) is 12.6. The van der Waals surface area contributed by atoms with Crippen molar-refractivity contribution in [3.8, 4) is 11.6 Å². The lowest BCUT2D eigenvalue weighted by Gasteiger charge is -2.15. The van der Waals surface area contributed by atoms with Gasteiger partial charge in [-0.05, 0) is 31.4 Å². The van der Waals surface area contributed by atoms with Gasteiger partial charge in [-0.2, -0.15) is 0 Å². The average Bonchev–Trinajstić information content (AvgIpc) is 2.73. The van der Waals surface area contributed by atoms with Crippen LogP contribution < -0.4 is 5.32 Å². The smallest absolute Gasteiger partial charge is 0.198 e. The lowest BCUT2D eigenvalue weighted by molar-refractivity contribution is 0.575. The number of nitrogens with one attached hydrogen (secondary N) is 1. The zero-order valence-electron chi connectivity index (χ0n) is 11.5. The molecule has 0 saturated carbocycles. The van der Waals surface area contributed by atoms with Crippen LogP contribution in [0.1, 0.15) is 36.6 Å². The summed E-state index contributed by atoms with van der Waals surface area (Å²) in [6.07, 6.45) is 1.67. The minimum absolute atomic E-state index is 0.388. The second kappa shape index (κ2) is 4.80. The van der Waals surface area contributed by atoms with Crippen molar-refractivity contribution in [1.29, 1.82) is 0 Å². The number of aryl methyl sites for hydroxylation is 2. The number of aromatic nitrogens is 2. The molecule has 0 aliphatic carbocycles. The molecule has 0 aromatic carbocycles. The minimum atomic E-state index is 0.388. The van der Waals surface area contributed by atoms with Gasteiger partial charge >= 0.3 is 0 Å². The molecule has 0 aliphatic heterocycles. The maximum absolute atomic E-state index is 5.45. The molecule has 2 rings (SSSR count). The van der Waals surface area contributed by atoms with Crippen LogP contribution in [0.3, 0.4) is 0 Å². The molecule has 1 N–H and O–H groups in total. The highest BCUT2D eigenvalue weighted by Gasteiger charge is 2.17. The van der Waals surface area contributed by atoms with Crippen LogP contribution in [0.2, 0.25) is 0 Å². The Balaban J connectivity index is 2.60. The summed E-state index contributed by atoms with van der Waals surface area (Å²) in [4.78, 5) is 9.12. The lowest BCUT2D eigenvalue weighted by atomic mass is 10.0. The lowest BCUT2D eigenvalue weighted by Crippen LogP contribution is -2.07. The first-order valence-electron chi connectivity index (χ1n) is 6.15. The Labute approximate surface area is 107 Å². The first-order valence-corrected chi connectivity index (χ1v) is 6.15. The van der Waals surface area contributed by atoms with Gasteiger partial charge in [0.25, 0.3) is 0 Å². The first-order chi connectivity index (χ1) is 8.54. The molecule has 96 valence electrons. The molecule has 2 aromatic heterocycles. The third kappa shape index (κ3) is 2.10. The monoisotopic (exact) mass is 245 g/mol. The SMILES string of the molecule is CNc1nc(-c2occc2C)nc(C)c1C(C)C. The van der Waals surface area contributed by atoms with Crippen molar-refractivity contribution in [1.82, 2.24) is 9.97 Å². The standard InChI is InChI=1S/C14H19N3O/c1-8(2)11-10(4)16-14(17-13(11)15-5)12-9(3)6-7-18-12/h6-8H,1-5H3,(H,15,16,17). The molecule has 18 heavy (non-hydrogen) atoms. The van der Waals surface area contributed by atoms with E-state index in [2.05, 4.69) is 29.1 Å². The van der Waals surface area contributed by atoms with Gasteiger partial charge in [0, 0.05) is 18.3 Å². The molecule has 0 unspecified atom stereocenters. The van der Waals surface area contributed by atoms with Gasteiger partial charge in [-0.15, -0.1) is 0 Å². The van der Waals surface area contributed by atoms with E-state index in [9.17, 15) is 0 Å². The number of rotatable bonds is 3. The molecule has 0 radical (unpaired) electrons. The van der Waals surface area contributed by atoms with E-state index in [-0.39, 0.29) is 0 Å². The highest BCUT2D eigenvalue weighted by atomic mass is 16.3. The van der Waals surface area contributed by atoms with Crippen LogP contribution in [0.15, 0.2) is 16.7 Å². The van der Waals surface area contributed by atoms with E-state index in [0.29, 0.717) is 11.7 Å². The van der Waals surface area contributed by atoms with Crippen LogP contribution >= 0.6 is 0 Å². The molecular weight excluding hydrogens is 226 g/mol. The number of hydrogen-bond donors (Lipinski definition) is 1. The quantitative estimate of drug-likeness (QED) is 0.898. The van der Waals surface area contributed by atoms with Gasteiger partial charge in [-0.25, -0.2) is 9.97 Å². The molecule has 0 saturated heterocycles. The molecule has 0 bridgehead atoms. The molecule has 4 heteroatoms. The number of nitrogens with zero attached hydrogens (tertiary/aromatic N) is 2. The summed E-state index contributed by atoms with van der Waals surface area (Å²) >= 11 is 0. The summed E-state index contributed by atoms with van der Waals surface area (Å²) in [6, 6.07) is 1.92. The molecule has 0 atom stereocenters. The van der Waals surface area contributed by atoms with E-state index in [0.717, 1.165) is 28.4 Å². The molecule has 0 fully saturated rings. The van der Waals surface area contributed by atoms with E-state index < -0.39 is 0 Å². The van der Waals surface area contributed by atoms with Gasteiger partial charge in [0.1, 0.15) is 5.82 Å². The summed E-state index contributed by atoms with van der Waals surface area (Å²) in [5, 5.41) is 3.15. The Morgan fingerprint density at radius 2 is 1.94 bits per heavy atom. The predicted molar refractivity (Wildman–Crippen MR) is 72.8 cm³/mol. The molecule has 2 aromatic rings. The van der Waals surface area contributed by atoms with Gasteiger partial charge in [0.05, 0.1) is 6.26 Å². The summed E-state index contributed by atoms with van der Waals surface area (Å²) in [7, 11) is 1.88. The third-order valence-corrected chi connectivity index (χ3v) is 3.02. The number of furan rings is 1. The van der Waals surface area contributed by atoms with Crippen molar-refractivity contribution in [3.63, 3.8) is 0 Å². The summed E-state index contributed by atoms with van der Waals surface area (Å²) in [5.41, 5.74) is 3.20. The Morgan fingerprint density at radius 1 is 1.22 bits per heavy atom. The fourth-order valence-electron chi connectivity index (χ4n) is 2.17. The maximum Gasteiger partial charge on any atom is 0.198 e. The van der Waals surface area contributed by atoms with Crippen molar-refractivity contribution >= 4 is 5.82 Å². The third-order valence-electron chi connectivity index (χ3n) is 3.02. The molecule has 0 spiro atoms. The van der Waals surface area contributed by atoms with Crippen LogP contribution in [0.25, 0.3) is 11.6 Å². The highest BCUT2D eigenvalue weighted by Crippen LogP contribution is 2.29. The minimum Gasteiger partial charge on any atom is -0.461 e. The van der Waals surface area contributed by atoms with E-state index >= 15 is 0 Å². The maximum atomic E-state index is 5.45. The van der Waals surface area contributed by atoms with Crippen LogP contribution in [0.5, 0.6) is 0 Å². The van der Waals surface area contributed by atoms with Crippen LogP contribution in [0, 0.1) is 13.8 Å². The van der Waals surface area contributed by atoms with Crippen molar-refractivity contribution < 1.29 is 4.42 Å². The molecule has 2 heterocycles. The Morgan fingerprint density at radius 3 is 2.44 bits per heavy atom. The normalized spacial score (nSPS) is 11.0. The summed E-state index contributed by atoms with van der Waals surface area (Å²) < 4.78 is 5.45. The number of hydrogen-bond acceptors (Lipinski definition) is 4. The van der Waals surface area contributed by atoms with E-state index in [1.54, 1.807) is 6.26 Å². The number of anilines is 1. The fraction of sp³-hybridized carbons (Fsp3) is 0.429. The Kier molecular flexibility index (Phi) is 3.36. The average molecular weight is 245 g/mol. The van der Waals surface area contributed by atoms with Crippen molar-refractivity contribution in [2.24, 2.45) is 0 Å². The largest absolute Gasteiger partial charge is 0.461 e. The van der Waals surface area contributed by atoms with Crippen molar-refractivity contribution in [2.45, 2.75) is 33.6 Å². The van der Waals surface area contributed by atoms with Crippen LogP contribution in [0.4, 0.5) is 5.82 Å². The second-order valence-electron chi connectivity index (χ2n) is 4.73. The molecule has 0 aliphatic rings. The van der Waals surface area contributed by atoms with Gasteiger partial charge in [0.15, 0.2) is 11.6 Å². The van der Waals surface area contributed by atoms with E-state index in [1.807, 2.05) is 27.0 Å². The zero-order valence-corrected chi connectivity index (χ0v) is 11.5. The van der Waals surface area contributed by atoms with Gasteiger partial charge < -0.3 is 9.73 Å². The van der Waals surface area contributed by atoms with Crippen LogP contribution in [-0.2, 0) is 0 Å². The molecule has 4 nitrogen and oxygen atoms in total.